The van der Waals surface area contributed by atoms with Gasteiger partial charge in [-0.1, -0.05) is 0 Å². The maximum absolute atomic E-state index is 11.0. The van der Waals surface area contributed by atoms with Crippen LogP contribution in [0.1, 0.15) is 22.0 Å². The quantitative estimate of drug-likeness (QED) is 0.601. The molecule has 0 aliphatic rings. The van der Waals surface area contributed by atoms with E-state index in [0.29, 0.717) is 17.8 Å². The van der Waals surface area contributed by atoms with E-state index in [2.05, 4.69) is 0 Å². The number of halogens is 1. The van der Waals surface area contributed by atoms with Crippen LogP contribution in [0.2, 0.25) is 0 Å². The molecule has 0 radical (unpaired) electrons. The standard InChI is InChI=1S/C12H15ClO5/c1-17-10-3-7(6-14)8(4-11(10)18-2)12(16)9(15)5-13/h3-4,6,9,12,15-16H,5H2,1-2H3. The number of carbonyl (C=O) groups is 1. The van der Waals surface area contributed by atoms with E-state index in [-0.39, 0.29) is 17.0 Å². The fourth-order valence-corrected chi connectivity index (χ4v) is 1.73. The van der Waals surface area contributed by atoms with Crippen LogP contribution < -0.4 is 9.47 Å². The number of ether oxygens (including phenoxy) is 2. The Hall–Kier alpha value is -1.30. The number of rotatable bonds is 6. The van der Waals surface area contributed by atoms with Gasteiger partial charge < -0.3 is 19.7 Å². The minimum absolute atomic E-state index is 0.145. The molecule has 2 N–H and O–H groups in total. The second kappa shape index (κ2) is 6.58. The average molecular weight is 275 g/mol. The van der Waals surface area contributed by atoms with Gasteiger partial charge in [-0.2, -0.15) is 0 Å². The highest BCUT2D eigenvalue weighted by Crippen LogP contribution is 2.33. The Morgan fingerprint density at radius 3 is 2.28 bits per heavy atom. The van der Waals surface area contributed by atoms with Crippen LogP contribution in [0.4, 0.5) is 0 Å². The van der Waals surface area contributed by atoms with E-state index >= 15 is 0 Å². The van der Waals surface area contributed by atoms with Crippen molar-refractivity contribution in [2.45, 2.75) is 12.2 Å². The van der Waals surface area contributed by atoms with E-state index in [1.54, 1.807) is 0 Å². The highest BCUT2D eigenvalue weighted by atomic mass is 35.5. The molecule has 0 aliphatic heterocycles. The van der Waals surface area contributed by atoms with Crippen LogP contribution in [0.15, 0.2) is 12.1 Å². The fraction of sp³-hybridized carbons (Fsp3) is 0.417. The van der Waals surface area contributed by atoms with Gasteiger partial charge in [-0.25, -0.2) is 0 Å². The number of aldehydes is 1. The molecule has 1 rings (SSSR count). The third kappa shape index (κ3) is 2.93. The van der Waals surface area contributed by atoms with Crippen LogP contribution >= 0.6 is 11.6 Å². The highest BCUT2D eigenvalue weighted by molar-refractivity contribution is 6.18. The van der Waals surface area contributed by atoms with Gasteiger partial charge >= 0.3 is 0 Å². The molecule has 18 heavy (non-hydrogen) atoms. The first-order valence-corrected chi connectivity index (χ1v) is 5.75. The van der Waals surface area contributed by atoms with Crippen molar-refractivity contribution >= 4 is 17.9 Å². The molecule has 0 bridgehead atoms. The van der Waals surface area contributed by atoms with Gasteiger partial charge in [0.05, 0.1) is 26.2 Å². The van der Waals surface area contributed by atoms with E-state index in [4.69, 9.17) is 21.1 Å². The summed E-state index contributed by atoms with van der Waals surface area (Å²) in [6, 6.07) is 2.88. The number of benzene rings is 1. The zero-order valence-corrected chi connectivity index (χ0v) is 10.8. The zero-order chi connectivity index (χ0) is 13.7. The summed E-state index contributed by atoms with van der Waals surface area (Å²) in [4.78, 5) is 11.0. The van der Waals surface area contributed by atoms with Gasteiger partial charge in [0.25, 0.3) is 0 Å². The van der Waals surface area contributed by atoms with E-state index < -0.39 is 12.2 Å². The number of alkyl halides is 1. The van der Waals surface area contributed by atoms with E-state index in [9.17, 15) is 15.0 Å². The molecule has 6 heteroatoms. The summed E-state index contributed by atoms with van der Waals surface area (Å²) in [5.41, 5.74) is 0.458. The lowest BCUT2D eigenvalue weighted by molar-refractivity contribution is 0.0321. The predicted octanol–water partition coefficient (Wildman–Crippen LogP) is 1.15. The maximum Gasteiger partial charge on any atom is 0.161 e. The van der Waals surface area contributed by atoms with Gasteiger partial charge in [0.15, 0.2) is 17.8 Å². The number of aliphatic hydroxyl groups excluding tert-OH is 2. The summed E-state index contributed by atoms with van der Waals surface area (Å²) in [7, 11) is 2.88. The lowest BCUT2D eigenvalue weighted by Gasteiger charge is -2.19. The van der Waals surface area contributed by atoms with Crippen molar-refractivity contribution in [3.05, 3.63) is 23.3 Å². The molecule has 1 aromatic carbocycles. The van der Waals surface area contributed by atoms with Crippen LogP contribution in [0.3, 0.4) is 0 Å². The Labute approximate surface area is 110 Å². The summed E-state index contributed by atoms with van der Waals surface area (Å²) in [5.74, 6) is 0.586. The molecule has 2 unspecified atom stereocenters. The van der Waals surface area contributed by atoms with Crippen LogP contribution in [0.25, 0.3) is 0 Å². The predicted molar refractivity (Wildman–Crippen MR) is 66.6 cm³/mol. The molecule has 5 nitrogen and oxygen atoms in total. The first-order valence-electron chi connectivity index (χ1n) is 5.22. The number of hydrogen-bond acceptors (Lipinski definition) is 5. The third-order valence-corrected chi connectivity index (χ3v) is 2.87. The molecule has 1 aromatic rings. The van der Waals surface area contributed by atoms with Gasteiger partial charge in [0.1, 0.15) is 6.10 Å². The topological polar surface area (TPSA) is 76.0 Å². The third-order valence-electron chi connectivity index (χ3n) is 2.56. The average Bonchev–Trinajstić information content (AvgIpc) is 2.43. The van der Waals surface area contributed by atoms with Crippen molar-refractivity contribution in [2.75, 3.05) is 20.1 Å². The van der Waals surface area contributed by atoms with Crippen molar-refractivity contribution < 1.29 is 24.5 Å². The SMILES string of the molecule is COc1cc(C=O)c(C(O)C(O)CCl)cc1OC. The van der Waals surface area contributed by atoms with E-state index in [1.165, 1.54) is 26.4 Å². The number of carbonyl (C=O) groups excluding carboxylic acids is 1. The highest BCUT2D eigenvalue weighted by Gasteiger charge is 2.22. The molecule has 2 atom stereocenters. The van der Waals surface area contributed by atoms with Gasteiger partial charge in [0.2, 0.25) is 0 Å². The van der Waals surface area contributed by atoms with E-state index in [0.717, 1.165) is 0 Å². The molecule has 0 spiro atoms. The van der Waals surface area contributed by atoms with Crippen LogP contribution in [0, 0.1) is 0 Å². The first-order chi connectivity index (χ1) is 8.58. The van der Waals surface area contributed by atoms with Crippen molar-refractivity contribution in [3.8, 4) is 11.5 Å². The largest absolute Gasteiger partial charge is 0.493 e. The summed E-state index contributed by atoms with van der Waals surface area (Å²) < 4.78 is 10.1. The molecule has 0 aliphatic carbocycles. The molecule has 0 heterocycles. The maximum atomic E-state index is 11.0. The lowest BCUT2D eigenvalue weighted by Crippen LogP contribution is -2.21. The Kier molecular flexibility index (Phi) is 5.40. The van der Waals surface area contributed by atoms with Crippen LogP contribution in [-0.2, 0) is 0 Å². The summed E-state index contributed by atoms with van der Waals surface area (Å²) in [6.07, 6.45) is -1.85. The van der Waals surface area contributed by atoms with E-state index in [1.807, 2.05) is 0 Å². The summed E-state index contributed by atoms with van der Waals surface area (Å²) in [5, 5.41) is 19.4. The number of aliphatic hydroxyl groups is 2. The Bertz CT molecular complexity index is 421. The minimum Gasteiger partial charge on any atom is -0.493 e. The Morgan fingerprint density at radius 2 is 1.83 bits per heavy atom. The van der Waals surface area contributed by atoms with Crippen molar-refractivity contribution in [2.24, 2.45) is 0 Å². The zero-order valence-electron chi connectivity index (χ0n) is 10.1. The van der Waals surface area contributed by atoms with Crippen molar-refractivity contribution in [1.29, 1.82) is 0 Å². The van der Waals surface area contributed by atoms with Crippen molar-refractivity contribution in [3.63, 3.8) is 0 Å². The fourth-order valence-electron chi connectivity index (χ4n) is 1.56. The monoisotopic (exact) mass is 274 g/mol. The van der Waals surface area contributed by atoms with Crippen molar-refractivity contribution in [1.82, 2.24) is 0 Å². The Morgan fingerprint density at radius 1 is 1.28 bits per heavy atom. The molecule has 100 valence electrons. The normalized spacial score (nSPS) is 13.8. The molecule has 0 amide bonds. The second-order valence-corrected chi connectivity index (χ2v) is 3.93. The molecular weight excluding hydrogens is 260 g/mol. The van der Waals surface area contributed by atoms with Gasteiger partial charge in [-0.15, -0.1) is 11.6 Å². The molecule has 0 saturated carbocycles. The van der Waals surface area contributed by atoms with Gasteiger partial charge in [-0.05, 0) is 17.7 Å². The van der Waals surface area contributed by atoms with Crippen LogP contribution in [-0.4, -0.2) is 42.7 Å². The summed E-state index contributed by atoms with van der Waals surface area (Å²) >= 11 is 5.47. The smallest absolute Gasteiger partial charge is 0.161 e. The number of hydrogen-bond donors (Lipinski definition) is 2. The van der Waals surface area contributed by atoms with Crippen LogP contribution in [0.5, 0.6) is 11.5 Å². The number of methoxy groups -OCH3 is 2. The van der Waals surface area contributed by atoms with Gasteiger partial charge in [-0.3, -0.25) is 4.79 Å². The molecule has 0 aromatic heterocycles. The second-order valence-electron chi connectivity index (χ2n) is 3.62. The minimum atomic E-state index is -1.26. The summed E-state index contributed by atoms with van der Waals surface area (Å²) in [6.45, 7) is 0. The molecule has 0 fully saturated rings. The van der Waals surface area contributed by atoms with Gasteiger partial charge in [0, 0.05) is 5.56 Å². The first kappa shape index (κ1) is 14.8. The lowest BCUT2D eigenvalue weighted by atomic mass is 9.99. The molecular formula is C12H15ClO5. The molecule has 0 saturated heterocycles. The Balaban J connectivity index is 3.29.